The maximum atomic E-state index is 10.8. The lowest BCUT2D eigenvalue weighted by molar-refractivity contribution is 0.0694. The van der Waals surface area contributed by atoms with Crippen molar-refractivity contribution in [2.75, 3.05) is 0 Å². The summed E-state index contributed by atoms with van der Waals surface area (Å²) in [6, 6.07) is 0.255. The van der Waals surface area contributed by atoms with E-state index < -0.39 is 5.97 Å². The quantitative estimate of drug-likeness (QED) is 0.731. The van der Waals surface area contributed by atoms with E-state index in [0.29, 0.717) is 5.69 Å². The number of unbranched alkanes of at least 4 members (excludes halogenated alkanes) is 3. The van der Waals surface area contributed by atoms with Crippen LogP contribution < -0.4 is 4.74 Å². The van der Waals surface area contributed by atoms with E-state index in [2.05, 4.69) is 16.9 Å². The third-order valence-electron chi connectivity index (χ3n) is 2.96. The third-order valence-corrected chi connectivity index (χ3v) is 2.96. The van der Waals surface area contributed by atoms with E-state index in [9.17, 15) is 4.79 Å². The molecule has 1 unspecified atom stereocenters. The van der Waals surface area contributed by atoms with Gasteiger partial charge in [-0.1, -0.05) is 26.2 Å². The van der Waals surface area contributed by atoms with Gasteiger partial charge in [0, 0.05) is 6.20 Å². The van der Waals surface area contributed by atoms with Crippen molar-refractivity contribution in [2.24, 2.45) is 0 Å². The van der Waals surface area contributed by atoms with E-state index in [1.807, 2.05) is 6.92 Å². The van der Waals surface area contributed by atoms with Gasteiger partial charge in [0.1, 0.15) is 0 Å². The summed E-state index contributed by atoms with van der Waals surface area (Å²) >= 11 is 0. The van der Waals surface area contributed by atoms with Crippen molar-refractivity contribution in [1.82, 2.24) is 9.97 Å². The van der Waals surface area contributed by atoms with Crippen molar-refractivity contribution in [3.63, 3.8) is 0 Å². The number of nitrogens with zero attached hydrogens (tertiary/aromatic N) is 2. The molecule has 1 aromatic heterocycles. The molecule has 0 radical (unpaired) electrons. The second-order valence-corrected chi connectivity index (χ2v) is 4.73. The molecule has 0 saturated heterocycles. The highest BCUT2D eigenvalue weighted by Gasteiger charge is 2.12. The van der Waals surface area contributed by atoms with Crippen LogP contribution in [0.2, 0.25) is 0 Å². The van der Waals surface area contributed by atoms with Gasteiger partial charge in [0.25, 0.3) is 0 Å². The van der Waals surface area contributed by atoms with Gasteiger partial charge in [-0.2, -0.15) is 4.98 Å². The first-order valence-electron chi connectivity index (χ1n) is 6.78. The van der Waals surface area contributed by atoms with Crippen molar-refractivity contribution in [3.8, 4) is 6.01 Å². The van der Waals surface area contributed by atoms with Crippen LogP contribution in [0.5, 0.6) is 6.01 Å². The summed E-state index contributed by atoms with van der Waals surface area (Å²) in [4.78, 5) is 18.8. The van der Waals surface area contributed by atoms with Crippen LogP contribution in [0.15, 0.2) is 6.20 Å². The van der Waals surface area contributed by atoms with Crippen LogP contribution in [0.3, 0.4) is 0 Å². The van der Waals surface area contributed by atoms with E-state index >= 15 is 0 Å². The summed E-state index contributed by atoms with van der Waals surface area (Å²) in [7, 11) is 0. The minimum Gasteiger partial charge on any atom is -0.478 e. The number of carbonyl (C=O) groups is 1. The Morgan fingerprint density at radius 3 is 2.74 bits per heavy atom. The van der Waals surface area contributed by atoms with Crippen LogP contribution in [0.25, 0.3) is 0 Å². The highest BCUT2D eigenvalue weighted by atomic mass is 16.5. The second-order valence-electron chi connectivity index (χ2n) is 4.73. The molecule has 0 saturated carbocycles. The lowest BCUT2D eigenvalue weighted by atomic mass is 10.1. The zero-order valence-corrected chi connectivity index (χ0v) is 11.8. The smallest absolute Gasteiger partial charge is 0.339 e. The third kappa shape index (κ3) is 5.24. The summed E-state index contributed by atoms with van der Waals surface area (Å²) in [5.74, 6) is -1.02. The number of carboxylic acids is 1. The Hall–Kier alpha value is -1.65. The molecule has 1 heterocycles. The van der Waals surface area contributed by atoms with Gasteiger partial charge in [-0.3, -0.25) is 0 Å². The summed E-state index contributed by atoms with van der Waals surface area (Å²) < 4.78 is 5.59. The molecule has 1 rings (SSSR count). The fourth-order valence-corrected chi connectivity index (χ4v) is 1.81. The molecular weight excluding hydrogens is 244 g/mol. The standard InChI is InChI=1S/C14H22N2O3/c1-4-5-6-7-8-10(2)19-14-15-9-12(13(17)18)11(3)16-14/h9-10H,4-8H2,1-3H3,(H,17,18). The fourth-order valence-electron chi connectivity index (χ4n) is 1.81. The monoisotopic (exact) mass is 266 g/mol. The van der Waals surface area contributed by atoms with Gasteiger partial charge in [-0.15, -0.1) is 0 Å². The van der Waals surface area contributed by atoms with Crippen LogP contribution in [0.4, 0.5) is 0 Å². The number of carboxylic acid groups (broad SMARTS) is 1. The van der Waals surface area contributed by atoms with Gasteiger partial charge in [-0.25, -0.2) is 9.78 Å². The first kappa shape index (κ1) is 15.4. The number of aromatic nitrogens is 2. The molecule has 106 valence electrons. The fraction of sp³-hybridized carbons (Fsp3) is 0.643. The van der Waals surface area contributed by atoms with Crippen LogP contribution in [0, 0.1) is 6.92 Å². The number of hydrogen-bond acceptors (Lipinski definition) is 4. The van der Waals surface area contributed by atoms with Gasteiger partial charge >= 0.3 is 12.0 Å². The summed E-state index contributed by atoms with van der Waals surface area (Å²) in [5, 5.41) is 8.88. The van der Waals surface area contributed by atoms with Crippen molar-refractivity contribution in [2.45, 2.75) is 59.0 Å². The molecule has 19 heavy (non-hydrogen) atoms. The molecule has 0 spiro atoms. The first-order valence-corrected chi connectivity index (χ1v) is 6.78. The lowest BCUT2D eigenvalue weighted by Gasteiger charge is -2.13. The summed E-state index contributed by atoms with van der Waals surface area (Å²) in [6.07, 6.45) is 7.10. The topological polar surface area (TPSA) is 72.3 Å². The van der Waals surface area contributed by atoms with Gasteiger partial charge < -0.3 is 9.84 Å². The van der Waals surface area contributed by atoms with E-state index in [1.54, 1.807) is 6.92 Å². The molecule has 0 aliphatic carbocycles. The van der Waals surface area contributed by atoms with Gasteiger partial charge in [0.2, 0.25) is 0 Å². The molecule has 0 aliphatic heterocycles. The molecule has 0 amide bonds. The molecule has 1 aromatic rings. The molecule has 5 nitrogen and oxygen atoms in total. The van der Waals surface area contributed by atoms with E-state index in [1.165, 1.54) is 25.5 Å². The molecule has 5 heteroatoms. The molecule has 0 fully saturated rings. The van der Waals surface area contributed by atoms with Crippen LogP contribution >= 0.6 is 0 Å². The maximum absolute atomic E-state index is 10.8. The number of aryl methyl sites for hydroxylation is 1. The Balaban J connectivity index is 2.48. The SMILES string of the molecule is CCCCCCC(C)Oc1ncc(C(=O)O)c(C)n1. The molecule has 0 bridgehead atoms. The minimum atomic E-state index is -1.02. The van der Waals surface area contributed by atoms with E-state index in [-0.39, 0.29) is 17.7 Å². The van der Waals surface area contributed by atoms with Crippen LogP contribution in [-0.2, 0) is 0 Å². The number of ether oxygens (including phenoxy) is 1. The zero-order chi connectivity index (χ0) is 14.3. The van der Waals surface area contributed by atoms with Crippen molar-refractivity contribution < 1.29 is 14.6 Å². The average molecular weight is 266 g/mol. The predicted molar refractivity (Wildman–Crippen MR) is 72.6 cm³/mol. The van der Waals surface area contributed by atoms with Crippen molar-refractivity contribution >= 4 is 5.97 Å². The number of hydrogen-bond donors (Lipinski definition) is 1. The highest BCUT2D eigenvalue weighted by molar-refractivity contribution is 5.88. The molecule has 0 aliphatic rings. The van der Waals surface area contributed by atoms with Gasteiger partial charge in [0.05, 0.1) is 17.4 Å². The zero-order valence-electron chi connectivity index (χ0n) is 11.8. The molecular formula is C14H22N2O3. The summed E-state index contributed by atoms with van der Waals surface area (Å²) in [5.41, 5.74) is 0.540. The minimum absolute atomic E-state index is 0.0481. The molecule has 1 atom stereocenters. The van der Waals surface area contributed by atoms with Crippen molar-refractivity contribution in [1.29, 1.82) is 0 Å². The Bertz CT molecular complexity index is 421. The summed E-state index contributed by atoms with van der Waals surface area (Å²) in [6.45, 7) is 5.81. The Labute approximate surface area is 114 Å². The van der Waals surface area contributed by atoms with E-state index in [4.69, 9.17) is 9.84 Å². The van der Waals surface area contributed by atoms with Gasteiger partial charge in [-0.05, 0) is 26.7 Å². The largest absolute Gasteiger partial charge is 0.478 e. The van der Waals surface area contributed by atoms with E-state index in [0.717, 1.165) is 12.8 Å². The Morgan fingerprint density at radius 2 is 2.16 bits per heavy atom. The molecule has 0 aromatic carbocycles. The predicted octanol–water partition coefficient (Wildman–Crippen LogP) is 3.22. The highest BCUT2D eigenvalue weighted by Crippen LogP contribution is 2.13. The Morgan fingerprint density at radius 1 is 1.42 bits per heavy atom. The van der Waals surface area contributed by atoms with Crippen LogP contribution in [0.1, 0.15) is 62.0 Å². The Kier molecular flexibility index (Phi) is 6.25. The number of rotatable bonds is 8. The number of aromatic carboxylic acids is 1. The lowest BCUT2D eigenvalue weighted by Crippen LogP contribution is -2.14. The second kappa shape index (κ2) is 7.71. The maximum Gasteiger partial charge on any atom is 0.339 e. The first-order chi connectivity index (χ1) is 9.04. The normalized spacial score (nSPS) is 12.2. The van der Waals surface area contributed by atoms with Crippen molar-refractivity contribution in [3.05, 3.63) is 17.5 Å². The molecule has 1 N–H and O–H groups in total. The van der Waals surface area contributed by atoms with Gasteiger partial charge in [0.15, 0.2) is 0 Å². The average Bonchev–Trinajstić information content (AvgIpc) is 2.34. The van der Waals surface area contributed by atoms with Crippen LogP contribution in [-0.4, -0.2) is 27.1 Å².